The maximum absolute atomic E-state index is 12.5. The van der Waals surface area contributed by atoms with Gasteiger partial charge in [-0.2, -0.15) is 0 Å². The van der Waals surface area contributed by atoms with E-state index in [-0.39, 0.29) is 18.4 Å². The highest BCUT2D eigenvalue weighted by Crippen LogP contribution is 2.30. The van der Waals surface area contributed by atoms with Gasteiger partial charge in [-0.05, 0) is 25.0 Å². The van der Waals surface area contributed by atoms with Crippen LogP contribution >= 0.6 is 0 Å². The maximum atomic E-state index is 12.5. The molecular weight excluding hydrogens is 260 g/mol. The third kappa shape index (κ3) is 1.93. The number of benzene rings is 1. The topological polar surface area (TPSA) is 86.7 Å². The number of carbonyl (C=O) groups excluding carboxylic acids is 2. The summed E-state index contributed by atoms with van der Waals surface area (Å²) >= 11 is 0. The third-order valence-corrected chi connectivity index (χ3v) is 3.91. The molecule has 2 N–H and O–H groups in total. The van der Waals surface area contributed by atoms with Crippen molar-refractivity contribution in [3.8, 4) is 0 Å². The van der Waals surface area contributed by atoms with Crippen molar-refractivity contribution in [3.05, 3.63) is 29.8 Å². The number of anilines is 1. The number of aliphatic carboxylic acids is 1. The van der Waals surface area contributed by atoms with Crippen molar-refractivity contribution in [1.29, 1.82) is 0 Å². The zero-order chi connectivity index (χ0) is 14.3. The Morgan fingerprint density at radius 1 is 1.25 bits per heavy atom. The van der Waals surface area contributed by atoms with Crippen LogP contribution in [0.2, 0.25) is 0 Å². The van der Waals surface area contributed by atoms with E-state index in [0.717, 1.165) is 0 Å². The van der Waals surface area contributed by atoms with Gasteiger partial charge in [0.25, 0.3) is 5.91 Å². The van der Waals surface area contributed by atoms with Crippen molar-refractivity contribution in [2.45, 2.75) is 18.9 Å². The Hall–Kier alpha value is -2.37. The lowest BCUT2D eigenvalue weighted by atomic mass is 9.92. The number of amides is 2. The molecule has 2 atom stereocenters. The first-order chi connectivity index (χ1) is 9.58. The van der Waals surface area contributed by atoms with Crippen LogP contribution in [0.3, 0.4) is 0 Å². The largest absolute Gasteiger partial charge is 0.481 e. The van der Waals surface area contributed by atoms with Gasteiger partial charge in [0.2, 0.25) is 5.91 Å². The molecular formula is C14H14N2O4. The number of para-hydroxylation sites is 1. The number of rotatable bonds is 1. The smallest absolute Gasteiger partial charge is 0.308 e. The summed E-state index contributed by atoms with van der Waals surface area (Å²) in [7, 11) is 0. The van der Waals surface area contributed by atoms with Gasteiger partial charge in [0.05, 0.1) is 17.2 Å². The minimum atomic E-state index is -0.922. The molecule has 3 rings (SSSR count). The molecule has 2 aliphatic heterocycles. The Labute approximate surface area is 115 Å². The molecule has 1 fully saturated rings. The lowest BCUT2D eigenvalue weighted by Crippen LogP contribution is -2.51. The van der Waals surface area contributed by atoms with Gasteiger partial charge in [0.15, 0.2) is 0 Å². The third-order valence-electron chi connectivity index (χ3n) is 3.91. The van der Waals surface area contributed by atoms with E-state index >= 15 is 0 Å². The van der Waals surface area contributed by atoms with Crippen LogP contribution in [0.25, 0.3) is 0 Å². The number of hydrogen-bond acceptors (Lipinski definition) is 3. The molecule has 0 unspecified atom stereocenters. The predicted molar refractivity (Wildman–Crippen MR) is 70.3 cm³/mol. The summed E-state index contributed by atoms with van der Waals surface area (Å²) in [6, 6.07) is 6.21. The molecule has 2 heterocycles. The molecule has 0 bridgehead atoms. The fourth-order valence-electron chi connectivity index (χ4n) is 2.82. The van der Waals surface area contributed by atoms with Gasteiger partial charge in [0, 0.05) is 6.54 Å². The molecule has 0 radical (unpaired) electrons. The zero-order valence-electron chi connectivity index (χ0n) is 10.7. The zero-order valence-corrected chi connectivity index (χ0v) is 10.7. The standard InChI is InChI=1S/C14H14N2O4/c17-12-11-6-5-8(14(19)20)7-16(11)13(18)9-3-1-2-4-10(9)15-12/h1-4,8,11H,5-7H2,(H,15,17)(H,19,20)/t8-,11-/m0/s1. The molecule has 104 valence electrons. The van der Waals surface area contributed by atoms with Crippen molar-refractivity contribution in [1.82, 2.24) is 4.90 Å². The van der Waals surface area contributed by atoms with Crippen LogP contribution in [0.5, 0.6) is 0 Å². The fraction of sp³-hybridized carbons (Fsp3) is 0.357. The van der Waals surface area contributed by atoms with Crippen LogP contribution in [0.4, 0.5) is 5.69 Å². The quantitative estimate of drug-likeness (QED) is 0.798. The molecule has 2 amide bonds. The van der Waals surface area contributed by atoms with Gasteiger partial charge in [-0.1, -0.05) is 12.1 Å². The van der Waals surface area contributed by atoms with E-state index in [1.54, 1.807) is 24.3 Å². The monoisotopic (exact) mass is 274 g/mol. The second-order valence-corrected chi connectivity index (χ2v) is 5.12. The highest BCUT2D eigenvalue weighted by Gasteiger charge is 2.41. The first kappa shape index (κ1) is 12.7. The van der Waals surface area contributed by atoms with Crippen LogP contribution in [-0.4, -0.2) is 40.4 Å². The molecule has 6 heteroatoms. The molecule has 0 spiro atoms. The van der Waals surface area contributed by atoms with E-state index in [0.29, 0.717) is 24.1 Å². The number of hydrogen-bond donors (Lipinski definition) is 2. The number of nitrogens with zero attached hydrogens (tertiary/aromatic N) is 1. The van der Waals surface area contributed by atoms with Crippen molar-refractivity contribution in [2.75, 3.05) is 11.9 Å². The van der Waals surface area contributed by atoms with E-state index in [1.165, 1.54) is 4.90 Å². The predicted octanol–water partition coefficient (Wildman–Crippen LogP) is 0.944. The minimum Gasteiger partial charge on any atom is -0.481 e. The van der Waals surface area contributed by atoms with Crippen LogP contribution in [0.15, 0.2) is 24.3 Å². The van der Waals surface area contributed by atoms with Crippen molar-refractivity contribution in [3.63, 3.8) is 0 Å². The lowest BCUT2D eigenvalue weighted by molar-refractivity contribution is -0.144. The molecule has 1 saturated heterocycles. The number of carboxylic acids is 1. The van der Waals surface area contributed by atoms with Crippen molar-refractivity contribution < 1.29 is 19.5 Å². The van der Waals surface area contributed by atoms with Gasteiger partial charge in [-0.3, -0.25) is 14.4 Å². The molecule has 6 nitrogen and oxygen atoms in total. The van der Waals surface area contributed by atoms with E-state index < -0.39 is 17.9 Å². The van der Waals surface area contributed by atoms with Crippen LogP contribution in [-0.2, 0) is 9.59 Å². The molecule has 2 aliphatic rings. The van der Waals surface area contributed by atoms with Crippen molar-refractivity contribution in [2.24, 2.45) is 5.92 Å². The van der Waals surface area contributed by atoms with Crippen LogP contribution < -0.4 is 5.32 Å². The Morgan fingerprint density at radius 3 is 2.75 bits per heavy atom. The Kier molecular flexibility index (Phi) is 2.93. The highest BCUT2D eigenvalue weighted by atomic mass is 16.4. The molecule has 0 aromatic heterocycles. The van der Waals surface area contributed by atoms with Gasteiger partial charge in [0.1, 0.15) is 6.04 Å². The summed E-state index contributed by atoms with van der Waals surface area (Å²) in [5.74, 6) is -2.05. The fourth-order valence-corrected chi connectivity index (χ4v) is 2.82. The SMILES string of the molecule is O=C(O)[C@H]1CC[C@H]2C(=O)Nc3ccccc3C(=O)N2C1. The molecule has 1 aromatic rings. The summed E-state index contributed by atoms with van der Waals surface area (Å²) in [4.78, 5) is 37.2. The highest BCUT2D eigenvalue weighted by molar-refractivity contribution is 6.10. The minimum absolute atomic E-state index is 0.0839. The lowest BCUT2D eigenvalue weighted by Gasteiger charge is -2.35. The molecule has 0 saturated carbocycles. The Balaban J connectivity index is 1.99. The molecule has 0 aliphatic carbocycles. The second-order valence-electron chi connectivity index (χ2n) is 5.12. The molecule has 1 aromatic carbocycles. The Bertz CT molecular complexity index is 599. The number of fused-ring (bicyclic) bond motifs is 2. The van der Waals surface area contributed by atoms with Gasteiger partial charge in [-0.25, -0.2) is 0 Å². The van der Waals surface area contributed by atoms with E-state index in [9.17, 15) is 14.4 Å². The average molecular weight is 274 g/mol. The summed E-state index contributed by atoms with van der Waals surface area (Å²) in [6.45, 7) is 0.0839. The van der Waals surface area contributed by atoms with Gasteiger partial charge in [-0.15, -0.1) is 0 Å². The number of nitrogens with one attached hydrogen (secondary N) is 1. The van der Waals surface area contributed by atoms with Gasteiger partial charge < -0.3 is 15.3 Å². The molecule has 20 heavy (non-hydrogen) atoms. The first-order valence-corrected chi connectivity index (χ1v) is 6.51. The van der Waals surface area contributed by atoms with E-state index in [1.807, 2.05) is 0 Å². The summed E-state index contributed by atoms with van der Waals surface area (Å²) in [5.41, 5.74) is 0.901. The number of piperidine rings is 1. The maximum Gasteiger partial charge on any atom is 0.308 e. The van der Waals surface area contributed by atoms with Gasteiger partial charge >= 0.3 is 5.97 Å². The van der Waals surface area contributed by atoms with Crippen LogP contribution in [0.1, 0.15) is 23.2 Å². The van der Waals surface area contributed by atoms with E-state index in [2.05, 4.69) is 5.32 Å². The van der Waals surface area contributed by atoms with E-state index in [4.69, 9.17) is 5.11 Å². The first-order valence-electron chi connectivity index (χ1n) is 6.51. The Morgan fingerprint density at radius 2 is 2.00 bits per heavy atom. The summed E-state index contributed by atoms with van der Waals surface area (Å²) in [5, 5.41) is 11.9. The number of carbonyl (C=O) groups is 3. The normalized spacial score (nSPS) is 25.3. The summed E-state index contributed by atoms with van der Waals surface area (Å²) in [6.07, 6.45) is 0.788. The average Bonchev–Trinajstić information content (AvgIpc) is 2.55. The van der Waals surface area contributed by atoms with Crippen LogP contribution in [0, 0.1) is 5.92 Å². The summed E-state index contributed by atoms with van der Waals surface area (Å²) < 4.78 is 0. The second kappa shape index (κ2) is 4.63. The number of carboxylic acid groups (broad SMARTS) is 1. The van der Waals surface area contributed by atoms with Crippen molar-refractivity contribution >= 4 is 23.5 Å².